The number of nitrogens with zero attached hydrogens (tertiary/aromatic N) is 4. The molecule has 0 bridgehead atoms. The van der Waals surface area contributed by atoms with Crippen molar-refractivity contribution >= 4 is 22.6 Å². The summed E-state index contributed by atoms with van der Waals surface area (Å²) >= 11 is 0. The number of hydrogen-bond acceptors (Lipinski definition) is 4. The maximum atomic E-state index is 12.9. The van der Waals surface area contributed by atoms with Gasteiger partial charge in [0, 0.05) is 18.8 Å². The van der Waals surface area contributed by atoms with Crippen LogP contribution in [0.5, 0.6) is 5.88 Å². The van der Waals surface area contributed by atoms with Gasteiger partial charge in [-0.05, 0) is 36.8 Å². The molecular weight excluding hydrogens is 292 g/mol. The largest absolute Gasteiger partial charge is 0.474 e. The number of aryl methyl sites for hydroxylation is 2. The third-order valence-electron chi connectivity index (χ3n) is 4.03. The number of rotatable bonds is 1. The maximum Gasteiger partial charge on any atom is 0.258 e. The number of hydrogen-bond donors (Lipinski definition) is 0. The summed E-state index contributed by atoms with van der Waals surface area (Å²) in [6, 6.07) is 7.52. The van der Waals surface area contributed by atoms with E-state index in [2.05, 4.69) is 9.97 Å². The lowest BCUT2D eigenvalue weighted by Gasteiger charge is -2.29. The molecule has 1 aliphatic rings. The second kappa shape index (κ2) is 5.08. The van der Waals surface area contributed by atoms with Gasteiger partial charge < -0.3 is 14.2 Å². The highest BCUT2D eigenvalue weighted by atomic mass is 16.5. The SMILES string of the molecule is Cc1cnc2c(c1)N(C(=O)c1ccc3c(c1)ncn3C)CCO2. The van der Waals surface area contributed by atoms with E-state index >= 15 is 0 Å². The molecule has 116 valence electrons. The van der Waals surface area contributed by atoms with Gasteiger partial charge in [-0.2, -0.15) is 0 Å². The summed E-state index contributed by atoms with van der Waals surface area (Å²) in [6.07, 6.45) is 3.49. The lowest BCUT2D eigenvalue weighted by molar-refractivity contribution is 0.0975. The number of aromatic nitrogens is 3. The van der Waals surface area contributed by atoms with E-state index in [0.29, 0.717) is 24.6 Å². The van der Waals surface area contributed by atoms with Crippen LogP contribution in [0.4, 0.5) is 5.69 Å². The predicted molar refractivity (Wildman–Crippen MR) is 86.9 cm³/mol. The molecule has 0 N–H and O–H groups in total. The van der Waals surface area contributed by atoms with Crippen LogP contribution in [-0.4, -0.2) is 33.6 Å². The summed E-state index contributed by atoms with van der Waals surface area (Å²) in [5.41, 5.74) is 4.15. The summed E-state index contributed by atoms with van der Waals surface area (Å²) in [6.45, 7) is 2.91. The van der Waals surface area contributed by atoms with Crippen molar-refractivity contribution < 1.29 is 9.53 Å². The molecule has 3 heterocycles. The molecule has 1 aromatic carbocycles. The van der Waals surface area contributed by atoms with Crippen LogP contribution >= 0.6 is 0 Å². The van der Waals surface area contributed by atoms with Gasteiger partial charge in [-0.1, -0.05) is 0 Å². The molecule has 6 heteroatoms. The molecule has 0 fully saturated rings. The summed E-state index contributed by atoms with van der Waals surface area (Å²) in [5.74, 6) is 0.448. The number of carbonyl (C=O) groups excluding carboxylic acids is 1. The van der Waals surface area contributed by atoms with Crippen molar-refractivity contribution in [3.63, 3.8) is 0 Å². The van der Waals surface area contributed by atoms with Crippen molar-refractivity contribution in [2.24, 2.45) is 7.05 Å². The molecule has 0 saturated heterocycles. The van der Waals surface area contributed by atoms with Crippen LogP contribution in [-0.2, 0) is 7.05 Å². The zero-order chi connectivity index (χ0) is 16.0. The monoisotopic (exact) mass is 308 g/mol. The Hall–Kier alpha value is -2.89. The molecule has 6 nitrogen and oxygen atoms in total. The first-order valence-electron chi connectivity index (χ1n) is 7.46. The van der Waals surface area contributed by atoms with Crippen LogP contribution in [0.2, 0.25) is 0 Å². The molecule has 23 heavy (non-hydrogen) atoms. The quantitative estimate of drug-likeness (QED) is 0.692. The van der Waals surface area contributed by atoms with E-state index in [1.54, 1.807) is 17.4 Å². The van der Waals surface area contributed by atoms with Crippen molar-refractivity contribution in [2.45, 2.75) is 6.92 Å². The normalized spacial score (nSPS) is 13.7. The Morgan fingerprint density at radius 1 is 1.26 bits per heavy atom. The number of carbonyl (C=O) groups is 1. The number of pyridine rings is 1. The van der Waals surface area contributed by atoms with Crippen LogP contribution in [0.15, 0.2) is 36.8 Å². The Morgan fingerprint density at radius 3 is 3.00 bits per heavy atom. The number of benzene rings is 1. The maximum absolute atomic E-state index is 12.9. The smallest absolute Gasteiger partial charge is 0.258 e. The molecular formula is C17H16N4O2. The molecule has 0 atom stereocenters. The minimum atomic E-state index is -0.0606. The zero-order valence-electron chi connectivity index (χ0n) is 13.0. The topological polar surface area (TPSA) is 60.2 Å². The number of anilines is 1. The third kappa shape index (κ3) is 2.23. The van der Waals surface area contributed by atoms with Crippen LogP contribution in [0.3, 0.4) is 0 Å². The summed E-state index contributed by atoms with van der Waals surface area (Å²) < 4.78 is 7.48. The fourth-order valence-corrected chi connectivity index (χ4v) is 2.84. The molecule has 1 aliphatic heterocycles. The lowest BCUT2D eigenvalue weighted by Crippen LogP contribution is -2.38. The van der Waals surface area contributed by atoms with Crippen LogP contribution < -0.4 is 9.64 Å². The summed E-state index contributed by atoms with van der Waals surface area (Å²) in [4.78, 5) is 23.2. The molecule has 1 amide bonds. The van der Waals surface area contributed by atoms with Gasteiger partial charge in [0.1, 0.15) is 12.3 Å². The summed E-state index contributed by atoms with van der Waals surface area (Å²) in [7, 11) is 1.93. The van der Waals surface area contributed by atoms with E-state index in [0.717, 1.165) is 22.3 Å². The van der Waals surface area contributed by atoms with Crippen molar-refractivity contribution in [1.82, 2.24) is 14.5 Å². The highest BCUT2D eigenvalue weighted by molar-refractivity contribution is 6.08. The fraction of sp³-hybridized carbons (Fsp3) is 0.235. The van der Waals surface area contributed by atoms with Gasteiger partial charge in [-0.15, -0.1) is 0 Å². The predicted octanol–water partition coefficient (Wildman–Crippen LogP) is 2.32. The first-order chi connectivity index (χ1) is 11.1. The third-order valence-corrected chi connectivity index (χ3v) is 4.03. The lowest BCUT2D eigenvalue weighted by atomic mass is 10.1. The first-order valence-corrected chi connectivity index (χ1v) is 7.46. The van der Waals surface area contributed by atoms with Gasteiger partial charge >= 0.3 is 0 Å². The average molecular weight is 308 g/mol. The molecule has 0 aliphatic carbocycles. The highest BCUT2D eigenvalue weighted by Gasteiger charge is 2.26. The minimum absolute atomic E-state index is 0.0606. The number of imidazole rings is 1. The van der Waals surface area contributed by atoms with E-state index < -0.39 is 0 Å². The van der Waals surface area contributed by atoms with Crippen molar-refractivity contribution in [3.05, 3.63) is 47.9 Å². The molecule has 0 spiro atoms. The van der Waals surface area contributed by atoms with Crippen molar-refractivity contribution in [2.75, 3.05) is 18.1 Å². The summed E-state index contributed by atoms with van der Waals surface area (Å²) in [5, 5.41) is 0. The van der Waals surface area contributed by atoms with Crippen molar-refractivity contribution in [1.29, 1.82) is 0 Å². The molecule has 0 saturated carbocycles. The van der Waals surface area contributed by atoms with E-state index in [9.17, 15) is 4.79 Å². The molecule has 2 aromatic heterocycles. The van der Waals surface area contributed by atoms with Gasteiger partial charge in [0.05, 0.1) is 23.9 Å². The van der Waals surface area contributed by atoms with Gasteiger partial charge in [0.15, 0.2) is 0 Å². The Balaban J connectivity index is 1.75. The van der Waals surface area contributed by atoms with Gasteiger partial charge in [0.25, 0.3) is 5.91 Å². The Kier molecular flexibility index (Phi) is 3.04. The average Bonchev–Trinajstić information content (AvgIpc) is 2.94. The minimum Gasteiger partial charge on any atom is -0.474 e. The molecule has 3 aromatic rings. The Bertz CT molecular complexity index is 916. The zero-order valence-corrected chi connectivity index (χ0v) is 13.0. The Morgan fingerprint density at radius 2 is 2.13 bits per heavy atom. The van der Waals surface area contributed by atoms with Crippen molar-refractivity contribution in [3.8, 4) is 5.88 Å². The standard InChI is InChI=1S/C17H16N4O2/c1-11-7-15-16(18-9-11)23-6-5-21(15)17(22)12-3-4-14-13(8-12)19-10-20(14)2/h3-4,7-10H,5-6H2,1-2H3. The van der Waals surface area contributed by atoms with Crippen LogP contribution in [0, 0.1) is 6.92 Å². The fourth-order valence-electron chi connectivity index (χ4n) is 2.84. The first kappa shape index (κ1) is 13.8. The molecule has 0 unspecified atom stereocenters. The van der Waals surface area contributed by atoms with Gasteiger partial charge in [-0.3, -0.25) is 4.79 Å². The van der Waals surface area contributed by atoms with Gasteiger partial charge in [0.2, 0.25) is 5.88 Å². The number of ether oxygens (including phenoxy) is 1. The molecule has 4 rings (SSSR count). The van der Waals surface area contributed by atoms with E-state index in [1.165, 1.54) is 0 Å². The number of fused-ring (bicyclic) bond motifs is 2. The van der Waals surface area contributed by atoms with E-state index in [-0.39, 0.29) is 5.91 Å². The van der Waals surface area contributed by atoms with E-state index in [1.807, 2.05) is 42.8 Å². The molecule has 0 radical (unpaired) electrons. The second-order valence-electron chi connectivity index (χ2n) is 5.70. The van der Waals surface area contributed by atoms with Crippen LogP contribution in [0.1, 0.15) is 15.9 Å². The van der Waals surface area contributed by atoms with Gasteiger partial charge in [-0.25, -0.2) is 9.97 Å². The van der Waals surface area contributed by atoms with Crippen LogP contribution in [0.25, 0.3) is 11.0 Å². The van der Waals surface area contributed by atoms with E-state index in [4.69, 9.17) is 4.74 Å². The highest BCUT2D eigenvalue weighted by Crippen LogP contribution is 2.31. The Labute approximate surface area is 133 Å². The number of amides is 1. The second-order valence-corrected chi connectivity index (χ2v) is 5.70.